The number of phosphoric acid groups is 1. The molecule has 0 spiro atoms. The predicted octanol–water partition coefficient (Wildman–Crippen LogP) is 8.75. The highest BCUT2D eigenvalue weighted by molar-refractivity contribution is 7.82. The zero-order valence-corrected chi connectivity index (χ0v) is 22.0. The van der Waals surface area contributed by atoms with E-state index in [9.17, 15) is 9.13 Å². The Balaban J connectivity index is 1.50. The van der Waals surface area contributed by atoms with Gasteiger partial charge in [-0.2, -0.15) is 4.57 Å². The molecule has 0 saturated carbocycles. The van der Waals surface area contributed by atoms with Crippen LogP contribution in [-0.4, -0.2) is 0 Å². The third-order valence-electron chi connectivity index (χ3n) is 4.66. The van der Waals surface area contributed by atoms with E-state index >= 15 is 0 Å². The molecule has 0 amide bonds. The molecular weight excluding hydrogens is 522 g/mol. The Morgan fingerprint density at radius 1 is 0.500 bits per heavy atom. The lowest BCUT2D eigenvalue weighted by Crippen LogP contribution is -2.07. The van der Waals surface area contributed by atoms with Crippen molar-refractivity contribution in [2.45, 2.75) is 13.8 Å². The van der Waals surface area contributed by atoms with Gasteiger partial charge in [-0.05, 0) is 80.1 Å². The molecule has 7 nitrogen and oxygen atoms in total. The van der Waals surface area contributed by atoms with Crippen molar-refractivity contribution in [3.63, 3.8) is 0 Å². The molecule has 4 aromatic rings. The number of halogens is 1. The fourth-order valence-electron chi connectivity index (χ4n) is 3.03. The summed E-state index contributed by atoms with van der Waals surface area (Å²) in [5.74, 6) is 1.27. The SMILES string of the molecule is Cc1ccc(OP(=O)(Oc2ccc(OP(=O)(Cl)Oc3ccccc3)cc2)Oc2cccc(C)c2)cc1. The topological polar surface area (TPSA) is 80.3 Å². The monoisotopic (exact) mass is 544 g/mol. The Kier molecular flexibility index (Phi) is 7.95. The van der Waals surface area contributed by atoms with Crippen LogP contribution in [0.4, 0.5) is 0 Å². The van der Waals surface area contributed by atoms with Crippen molar-refractivity contribution in [3.8, 4) is 28.7 Å². The van der Waals surface area contributed by atoms with Crippen molar-refractivity contribution in [1.82, 2.24) is 0 Å². The molecular formula is C26H23ClO7P2. The fraction of sp³-hybridized carbons (Fsp3) is 0.0769. The van der Waals surface area contributed by atoms with Gasteiger partial charge < -0.3 is 22.6 Å². The maximum atomic E-state index is 13.7. The Morgan fingerprint density at radius 3 is 1.50 bits per heavy atom. The Labute approximate surface area is 214 Å². The van der Waals surface area contributed by atoms with Gasteiger partial charge in [0.2, 0.25) is 0 Å². The maximum absolute atomic E-state index is 13.7. The van der Waals surface area contributed by atoms with Crippen LogP contribution in [0.3, 0.4) is 0 Å². The van der Waals surface area contributed by atoms with Crippen molar-refractivity contribution in [2.24, 2.45) is 0 Å². The second-order valence-electron chi connectivity index (χ2n) is 7.75. The third-order valence-corrected chi connectivity index (χ3v) is 7.23. The fourth-order valence-corrected chi connectivity index (χ4v) is 5.53. The second kappa shape index (κ2) is 11.1. The van der Waals surface area contributed by atoms with Gasteiger partial charge in [0.15, 0.2) is 0 Å². The first kappa shape index (κ1) is 25.7. The van der Waals surface area contributed by atoms with Crippen molar-refractivity contribution < 1.29 is 31.7 Å². The summed E-state index contributed by atoms with van der Waals surface area (Å²) >= 11 is 5.95. The molecule has 4 rings (SSSR count). The van der Waals surface area contributed by atoms with Crippen LogP contribution in [0.1, 0.15) is 11.1 Å². The molecule has 0 aliphatic carbocycles. The van der Waals surface area contributed by atoms with Crippen LogP contribution in [-0.2, 0) is 9.13 Å². The van der Waals surface area contributed by atoms with Crippen LogP contribution in [0.5, 0.6) is 28.7 Å². The molecule has 186 valence electrons. The zero-order valence-electron chi connectivity index (χ0n) is 19.4. The predicted molar refractivity (Wildman–Crippen MR) is 139 cm³/mol. The van der Waals surface area contributed by atoms with Gasteiger partial charge in [-0.25, -0.2) is 4.57 Å². The zero-order chi connectivity index (χ0) is 25.6. The molecule has 0 aromatic heterocycles. The van der Waals surface area contributed by atoms with E-state index < -0.39 is 14.8 Å². The number of rotatable bonds is 10. The van der Waals surface area contributed by atoms with E-state index in [1.165, 1.54) is 24.3 Å². The lowest BCUT2D eigenvalue weighted by atomic mass is 10.2. The molecule has 4 aromatic carbocycles. The third kappa shape index (κ3) is 7.56. The van der Waals surface area contributed by atoms with E-state index in [1.54, 1.807) is 60.7 Å². The number of phosphoric ester groups is 1. The smallest absolute Gasteiger partial charge is 0.405 e. The van der Waals surface area contributed by atoms with E-state index in [0.29, 0.717) is 17.2 Å². The summed E-state index contributed by atoms with van der Waals surface area (Å²) in [4.78, 5) is 0. The molecule has 0 bridgehead atoms. The molecule has 0 aliphatic rings. The molecule has 0 saturated heterocycles. The Bertz CT molecular complexity index is 1390. The summed E-state index contributed by atoms with van der Waals surface area (Å²) in [7, 11) is -4.17. The van der Waals surface area contributed by atoms with E-state index in [1.807, 2.05) is 32.0 Å². The van der Waals surface area contributed by atoms with E-state index in [2.05, 4.69) is 0 Å². The van der Waals surface area contributed by atoms with Gasteiger partial charge >= 0.3 is 14.8 Å². The quantitative estimate of drug-likeness (QED) is 0.185. The van der Waals surface area contributed by atoms with Gasteiger partial charge in [0.25, 0.3) is 0 Å². The highest BCUT2D eigenvalue weighted by Gasteiger charge is 2.33. The van der Waals surface area contributed by atoms with E-state index in [4.69, 9.17) is 33.9 Å². The van der Waals surface area contributed by atoms with E-state index in [-0.39, 0.29) is 11.5 Å². The minimum Gasteiger partial charge on any atom is -0.405 e. The van der Waals surface area contributed by atoms with Gasteiger partial charge in [0.05, 0.1) is 0 Å². The lowest BCUT2D eigenvalue weighted by Gasteiger charge is -2.20. The minimum absolute atomic E-state index is 0.158. The van der Waals surface area contributed by atoms with Gasteiger partial charge in [0, 0.05) is 11.2 Å². The molecule has 0 fully saturated rings. The van der Waals surface area contributed by atoms with Gasteiger partial charge in [-0.15, -0.1) is 0 Å². The van der Waals surface area contributed by atoms with Crippen LogP contribution in [0.2, 0.25) is 0 Å². The summed E-state index contributed by atoms with van der Waals surface area (Å²) in [6.45, 7) is -0.154. The maximum Gasteiger partial charge on any atom is 0.647 e. The molecule has 2 atom stereocenters. The van der Waals surface area contributed by atoms with Crippen LogP contribution in [0, 0.1) is 13.8 Å². The number of hydrogen-bond acceptors (Lipinski definition) is 7. The molecule has 10 heteroatoms. The second-order valence-corrected chi connectivity index (χ2v) is 11.7. The van der Waals surface area contributed by atoms with Crippen molar-refractivity contribution in [3.05, 3.63) is 114 Å². The van der Waals surface area contributed by atoms with Crippen molar-refractivity contribution in [1.29, 1.82) is 0 Å². The Hall–Kier alpha value is -3.37. The molecule has 0 aliphatic heterocycles. The van der Waals surface area contributed by atoms with Gasteiger partial charge in [-0.3, -0.25) is 0 Å². The van der Waals surface area contributed by atoms with Crippen molar-refractivity contribution in [2.75, 3.05) is 0 Å². The standard InChI is InChI=1S/C26H23ClO7P2/c1-20-11-13-24(14-12-20)32-36(29,34-26-10-6-7-21(2)19-26)33-25-17-15-23(16-18-25)31-35(27,28)30-22-8-4-3-5-9-22/h3-19H,1-2H3. The summed E-state index contributed by atoms with van der Waals surface area (Å²) in [6.07, 6.45) is 0. The van der Waals surface area contributed by atoms with E-state index in [0.717, 1.165) is 11.1 Å². The summed E-state index contributed by atoms with van der Waals surface area (Å²) in [5, 5.41) is 0. The van der Waals surface area contributed by atoms with Gasteiger partial charge in [-0.1, -0.05) is 48.0 Å². The largest absolute Gasteiger partial charge is 0.647 e. The molecule has 0 heterocycles. The highest BCUT2D eigenvalue weighted by atomic mass is 35.7. The molecule has 0 radical (unpaired) electrons. The molecule has 2 unspecified atom stereocenters. The summed E-state index contributed by atoms with van der Waals surface area (Å²) < 4.78 is 53.8. The van der Waals surface area contributed by atoms with Crippen LogP contribution < -0.4 is 22.6 Å². The number of hydrogen-bond donors (Lipinski definition) is 0. The normalized spacial score (nSPS) is 14.1. The molecule has 0 N–H and O–H groups in total. The average Bonchev–Trinajstić information content (AvgIpc) is 2.82. The number of benzene rings is 4. The summed E-state index contributed by atoms with van der Waals surface area (Å²) in [5.41, 5.74) is 1.93. The summed E-state index contributed by atoms with van der Waals surface area (Å²) in [6, 6.07) is 28.3. The van der Waals surface area contributed by atoms with Gasteiger partial charge in [0.1, 0.15) is 28.7 Å². The number of aryl methyl sites for hydroxylation is 2. The van der Waals surface area contributed by atoms with Crippen LogP contribution >= 0.6 is 26.0 Å². The Morgan fingerprint density at radius 2 is 0.944 bits per heavy atom. The first-order valence-electron chi connectivity index (χ1n) is 10.8. The lowest BCUT2D eigenvalue weighted by molar-refractivity contribution is 0.298. The average molecular weight is 545 g/mol. The minimum atomic E-state index is -4.17. The highest BCUT2D eigenvalue weighted by Crippen LogP contribution is 2.54. The first-order chi connectivity index (χ1) is 17.2. The van der Waals surface area contributed by atoms with Crippen LogP contribution in [0.15, 0.2) is 103 Å². The molecule has 36 heavy (non-hydrogen) atoms. The van der Waals surface area contributed by atoms with Crippen molar-refractivity contribution >= 4 is 26.0 Å². The first-order valence-corrected chi connectivity index (χ1v) is 14.8. The number of para-hydroxylation sites is 1. The van der Waals surface area contributed by atoms with Crippen LogP contribution in [0.25, 0.3) is 0 Å².